The van der Waals surface area contributed by atoms with Gasteiger partial charge in [-0.15, -0.1) is 11.3 Å². The lowest BCUT2D eigenvalue weighted by molar-refractivity contribution is 0.581. The summed E-state index contributed by atoms with van der Waals surface area (Å²) >= 11 is 1.58. The van der Waals surface area contributed by atoms with Crippen LogP contribution in [0.25, 0.3) is 0 Å². The Hall–Kier alpha value is -1.21. The largest absolute Gasteiger partial charge is 0.326 e. The van der Waals surface area contributed by atoms with E-state index in [-0.39, 0.29) is 4.90 Å². The van der Waals surface area contributed by atoms with E-state index in [0.29, 0.717) is 13.1 Å². The minimum Gasteiger partial charge on any atom is -0.326 e. The monoisotopic (exact) mass is 296 g/mol. The molecule has 3 N–H and O–H groups in total. The molecule has 0 aliphatic carbocycles. The Balaban J connectivity index is 2.13. The summed E-state index contributed by atoms with van der Waals surface area (Å²) in [5, 5.41) is 0. The van der Waals surface area contributed by atoms with Crippen molar-refractivity contribution in [1.82, 2.24) is 4.72 Å². The quantitative estimate of drug-likeness (QED) is 0.886. The second kappa shape index (κ2) is 5.83. The van der Waals surface area contributed by atoms with Gasteiger partial charge in [-0.3, -0.25) is 0 Å². The van der Waals surface area contributed by atoms with Crippen molar-refractivity contribution < 1.29 is 8.42 Å². The first-order chi connectivity index (χ1) is 9.01. The van der Waals surface area contributed by atoms with E-state index in [1.165, 1.54) is 4.88 Å². The average molecular weight is 296 g/mol. The molecule has 0 unspecified atom stereocenters. The van der Waals surface area contributed by atoms with E-state index in [9.17, 15) is 8.42 Å². The molecule has 6 heteroatoms. The van der Waals surface area contributed by atoms with Gasteiger partial charge < -0.3 is 5.73 Å². The molecule has 2 aromatic rings. The predicted octanol–water partition coefficient (Wildman–Crippen LogP) is 1.99. The summed E-state index contributed by atoms with van der Waals surface area (Å²) in [6.45, 7) is 2.63. The highest BCUT2D eigenvalue weighted by Gasteiger charge is 2.14. The van der Waals surface area contributed by atoms with Gasteiger partial charge in [0.25, 0.3) is 0 Å². The van der Waals surface area contributed by atoms with E-state index < -0.39 is 10.0 Å². The van der Waals surface area contributed by atoms with Gasteiger partial charge in [-0.2, -0.15) is 0 Å². The number of nitrogens with two attached hydrogens (primary N) is 1. The van der Waals surface area contributed by atoms with Crippen LogP contribution >= 0.6 is 11.3 Å². The molecule has 0 saturated carbocycles. The van der Waals surface area contributed by atoms with Gasteiger partial charge in [0.15, 0.2) is 0 Å². The third kappa shape index (κ3) is 3.63. The van der Waals surface area contributed by atoms with Gasteiger partial charge in [0.2, 0.25) is 10.0 Å². The van der Waals surface area contributed by atoms with Crippen LogP contribution in [0.4, 0.5) is 0 Å². The van der Waals surface area contributed by atoms with E-state index >= 15 is 0 Å². The summed E-state index contributed by atoms with van der Waals surface area (Å²) in [4.78, 5) is 2.42. The highest BCUT2D eigenvalue weighted by molar-refractivity contribution is 7.89. The fourth-order valence-corrected chi connectivity index (χ4v) is 3.67. The molecule has 1 aromatic carbocycles. The lowest BCUT2D eigenvalue weighted by Gasteiger charge is -2.07. The van der Waals surface area contributed by atoms with Crippen LogP contribution in [0.15, 0.2) is 41.3 Å². The zero-order chi connectivity index (χ0) is 13.9. The van der Waals surface area contributed by atoms with Gasteiger partial charge in [-0.05, 0) is 36.8 Å². The molecule has 0 fully saturated rings. The van der Waals surface area contributed by atoms with Gasteiger partial charge in [-0.25, -0.2) is 13.1 Å². The highest BCUT2D eigenvalue weighted by Crippen LogP contribution is 2.16. The number of thiophene rings is 1. The molecule has 1 aromatic heterocycles. The predicted molar refractivity (Wildman–Crippen MR) is 77.4 cm³/mol. The average Bonchev–Trinajstić information content (AvgIpc) is 2.82. The minimum absolute atomic E-state index is 0.253. The van der Waals surface area contributed by atoms with Crippen molar-refractivity contribution in [3.63, 3.8) is 0 Å². The Morgan fingerprint density at radius 3 is 2.68 bits per heavy atom. The lowest BCUT2D eigenvalue weighted by atomic mass is 10.2. The van der Waals surface area contributed by atoms with E-state index in [0.717, 1.165) is 10.4 Å². The topological polar surface area (TPSA) is 72.2 Å². The van der Waals surface area contributed by atoms with Gasteiger partial charge >= 0.3 is 0 Å². The highest BCUT2D eigenvalue weighted by atomic mass is 32.2. The molecular weight excluding hydrogens is 280 g/mol. The number of hydrogen-bond donors (Lipinski definition) is 2. The Morgan fingerprint density at radius 2 is 2.05 bits per heavy atom. The second-order valence-corrected chi connectivity index (χ2v) is 7.33. The molecule has 4 nitrogen and oxygen atoms in total. The van der Waals surface area contributed by atoms with E-state index in [1.54, 1.807) is 29.5 Å². The van der Waals surface area contributed by atoms with Crippen molar-refractivity contribution in [3.05, 3.63) is 51.7 Å². The van der Waals surface area contributed by atoms with Crippen molar-refractivity contribution in [1.29, 1.82) is 0 Å². The zero-order valence-corrected chi connectivity index (χ0v) is 12.2. The standard InChI is InChI=1S/C13H16N2O2S2/c1-10-5-6-12(18-10)9-15-19(16,17)13-4-2-3-11(7-13)8-14/h2-7,15H,8-9,14H2,1H3. The van der Waals surface area contributed by atoms with Crippen molar-refractivity contribution >= 4 is 21.4 Å². The van der Waals surface area contributed by atoms with Gasteiger partial charge in [0, 0.05) is 22.8 Å². The number of sulfonamides is 1. The summed E-state index contributed by atoms with van der Waals surface area (Å²) < 4.78 is 26.9. The fraction of sp³-hybridized carbons (Fsp3) is 0.231. The number of benzene rings is 1. The van der Waals surface area contributed by atoms with Crippen molar-refractivity contribution in [2.45, 2.75) is 24.9 Å². The molecule has 0 bridgehead atoms. The SMILES string of the molecule is Cc1ccc(CNS(=O)(=O)c2cccc(CN)c2)s1. The van der Waals surface area contributed by atoms with Crippen LogP contribution < -0.4 is 10.5 Å². The molecule has 0 saturated heterocycles. The van der Waals surface area contributed by atoms with Crippen LogP contribution in [0.5, 0.6) is 0 Å². The summed E-state index contributed by atoms with van der Waals surface area (Å²) in [6, 6.07) is 10.6. The van der Waals surface area contributed by atoms with Crippen LogP contribution in [-0.2, 0) is 23.1 Å². The molecule has 0 aliphatic heterocycles. The van der Waals surface area contributed by atoms with Crippen molar-refractivity contribution in [3.8, 4) is 0 Å². The molecular formula is C13H16N2O2S2. The maximum Gasteiger partial charge on any atom is 0.240 e. The third-order valence-corrected chi connectivity index (χ3v) is 5.08. The van der Waals surface area contributed by atoms with Crippen LogP contribution in [-0.4, -0.2) is 8.42 Å². The molecule has 102 valence electrons. The third-order valence-electron chi connectivity index (χ3n) is 2.68. The lowest BCUT2D eigenvalue weighted by Crippen LogP contribution is -2.23. The maximum atomic E-state index is 12.1. The molecule has 19 heavy (non-hydrogen) atoms. The van der Waals surface area contributed by atoms with E-state index in [2.05, 4.69) is 4.72 Å². The number of nitrogens with one attached hydrogen (secondary N) is 1. The number of rotatable bonds is 5. The molecule has 0 atom stereocenters. The van der Waals surface area contributed by atoms with Gasteiger partial charge in [-0.1, -0.05) is 12.1 Å². The Bertz CT molecular complexity index is 663. The smallest absolute Gasteiger partial charge is 0.240 e. The van der Waals surface area contributed by atoms with Crippen LogP contribution in [0.1, 0.15) is 15.3 Å². The molecule has 2 rings (SSSR count). The number of hydrogen-bond acceptors (Lipinski definition) is 4. The summed E-state index contributed by atoms with van der Waals surface area (Å²) in [5.74, 6) is 0. The first-order valence-electron chi connectivity index (χ1n) is 5.85. The summed E-state index contributed by atoms with van der Waals surface area (Å²) in [5.41, 5.74) is 6.32. The van der Waals surface area contributed by atoms with Crippen molar-refractivity contribution in [2.24, 2.45) is 5.73 Å². The molecule has 0 spiro atoms. The molecule has 0 amide bonds. The summed E-state index contributed by atoms with van der Waals surface area (Å²) in [6.07, 6.45) is 0. The second-order valence-electron chi connectivity index (χ2n) is 4.19. The van der Waals surface area contributed by atoms with Gasteiger partial charge in [0.1, 0.15) is 0 Å². The first-order valence-corrected chi connectivity index (χ1v) is 8.15. The normalized spacial score (nSPS) is 11.7. The van der Waals surface area contributed by atoms with Gasteiger partial charge in [0.05, 0.1) is 4.90 Å². The number of aryl methyl sites for hydroxylation is 1. The Labute approximate surface area is 117 Å². The van der Waals surface area contributed by atoms with E-state index in [1.807, 2.05) is 25.1 Å². The first kappa shape index (κ1) is 14.2. The Morgan fingerprint density at radius 1 is 1.26 bits per heavy atom. The Kier molecular flexibility index (Phi) is 4.36. The van der Waals surface area contributed by atoms with Crippen LogP contribution in [0, 0.1) is 6.92 Å². The molecule has 0 radical (unpaired) electrons. The van der Waals surface area contributed by atoms with Crippen LogP contribution in [0.2, 0.25) is 0 Å². The molecule has 0 aliphatic rings. The van der Waals surface area contributed by atoms with E-state index in [4.69, 9.17) is 5.73 Å². The van der Waals surface area contributed by atoms with Crippen LogP contribution in [0.3, 0.4) is 0 Å². The van der Waals surface area contributed by atoms with Crippen molar-refractivity contribution in [2.75, 3.05) is 0 Å². The molecule has 1 heterocycles. The zero-order valence-electron chi connectivity index (χ0n) is 10.6. The fourth-order valence-electron chi connectivity index (χ4n) is 1.67. The maximum absolute atomic E-state index is 12.1. The minimum atomic E-state index is -3.48. The summed E-state index contributed by atoms with van der Waals surface area (Å²) in [7, 11) is -3.48.